The number of carbonyl (C=O) groups excluding carboxylic acids is 1. The molecule has 1 aromatic carbocycles. The van der Waals surface area contributed by atoms with Crippen molar-refractivity contribution in [3.8, 4) is 5.75 Å². The largest absolute Gasteiger partial charge is 0.492 e. The molecule has 1 heterocycles. The van der Waals surface area contributed by atoms with Crippen LogP contribution in [0.4, 0.5) is 14.9 Å². The quantitative estimate of drug-likeness (QED) is 0.941. The van der Waals surface area contributed by atoms with Crippen LogP contribution in [0.2, 0.25) is 0 Å². The molecular weight excluding hydrogens is 289 g/mol. The second-order valence-electron chi connectivity index (χ2n) is 5.50. The van der Waals surface area contributed by atoms with Gasteiger partial charge in [-0.15, -0.1) is 0 Å². The van der Waals surface area contributed by atoms with E-state index in [1.54, 1.807) is 20.8 Å². The lowest BCUT2D eigenvalue weighted by Gasteiger charge is -2.20. The van der Waals surface area contributed by atoms with Gasteiger partial charge < -0.3 is 9.47 Å². The summed E-state index contributed by atoms with van der Waals surface area (Å²) in [5, 5.41) is 5.87. The molecule has 0 bridgehead atoms. The number of nitrogens with zero attached hydrogens (tertiary/aromatic N) is 2. The summed E-state index contributed by atoms with van der Waals surface area (Å²) in [6.45, 7) is -1.09. The molecule has 1 aromatic heterocycles. The van der Waals surface area contributed by atoms with Crippen molar-refractivity contribution in [2.24, 2.45) is 0 Å². The van der Waals surface area contributed by atoms with Crippen molar-refractivity contribution in [1.29, 1.82) is 0 Å². The van der Waals surface area contributed by atoms with E-state index in [4.69, 9.17) is 16.3 Å². The number of rotatable bonds is 3. The topological polar surface area (TPSA) is 65.4 Å². The summed E-state index contributed by atoms with van der Waals surface area (Å²) >= 11 is 0. The Kier molecular flexibility index (Phi) is 2.76. The smallest absolute Gasteiger partial charge is 0.412 e. The summed E-state index contributed by atoms with van der Waals surface area (Å²) in [4.78, 5) is 12.0. The molecule has 1 N–H and O–H groups in total. The molecule has 2 aromatic rings. The zero-order valence-corrected chi connectivity index (χ0v) is 12.7. The van der Waals surface area contributed by atoms with Gasteiger partial charge in [0.2, 0.25) is 0 Å². The number of amides is 1. The number of carbonyl (C=O) groups is 1. The number of aryl methyl sites for hydroxylation is 1. The van der Waals surface area contributed by atoms with Crippen molar-refractivity contribution in [2.45, 2.75) is 39.7 Å². The second kappa shape index (κ2) is 5.82. The second-order valence-corrected chi connectivity index (χ2v) is 5.50. The molecule has 0 aliphatic rings. The van der Waals surface area contributed by atoms with Crippen LogP contribution in [0.3, 0.4) is 0 Å². The molecular formula is C15H20FN3O3. The molecule has 120 valence electrons. The molecule has 0 spiro atoms. The summed E-state index contributed by atoms with van der Waals surface area (Å²) < 4.78 is 63.4. The molecule has 0 atom stereocenters. The normalized spacial score (nSPS) is 16.1. The minimum Gasteiger partial charge on any atom is -0.492 e. The number of anilines is 1. The predicted molar refractivity (Wildman–Crippen MR) is 81.8 cm³/mol. The van der Waals surface area contributed by atoms with Gasteiger partial charge in [-0.1, -0.05) is 0 Å². The summed E-state index contributed by atoms with van der Waals surface area (Å²) in [6, 6.07) is 0.960. The van der Waals surface area contributed by atoms with Crippen LogP contribution in [-0.4, -0.2) is 28.6 Å². The van der Waals surface area contributed by atoms with Crippen molar-refractivity contribution in [3.63, 3.8) is 0 Å². The summed E-state index contributed by atoms with van der Waals surface area (Å²) in [6.07, 6.45) is 0.109. The molecule has 1 amide bonds. The lowest BCUT2D eigenvalue weighted by atomic mass is 10.2. The Morgan fingerprint density at radius 2 is 2.32 bits per heavy atom. The number of methoxy groups -OCH3 is 1. The first-order valence-corrected chi connectivity index (χ1v) is 6.44. The van der Waals surface area contributed by atoms with Gasteiger partial charge in [0.25, 0.3) is 0 Å². The van der Waals surface area contributed by atoms with Gasteiger partial charge >= 0.3 is 6.09 Å². The number of benzene rings is 1. The number of hydrogen-bond donors (Lipinski definition) is 1. The van der Waals surface area contributed by atoms with Crippen molar-refractivity contribution in [2.75, 3.05) is 12.4 Å². The van der Waals surface area contributed by atoms with E-state index in [1.165, 1.54) is 7.11 Å². The molecule has 0 fully saturated rings. The molecule has 22 heavy (non-hydrogen) atoms. The van der Waals surface area contributed by atoms with Crippen molar-refractivity contribution in [3.05, 3.63) is 18.1 Å². The van der Waals surface area contributed by atoms with Gasteiger partial charge in [-0.3, -0.25) is 10.00 Å². The van der Waals surface area contributed by atoms with Crippen LogP contribution in [-0.2, 0) is 11.2 Å². The maximum absolute atomic E-state index is 14.5. The van der Waals surface area contributed by atoms with E-state index in [-0.39, 0.29) is 22.3 Å². The van der Waals surface area contributed by atoms with Crippen molar-refractivity contribution >= 4 is 22.7 Å². The monoisotopic (exact) mass is 314 g/mol. The van der Waals surface area contributed by atoms with E-state index in [9.17, 15) is 9.18 Å². The number of nitrogens with one attached hydrogen (secondary N) is 1. The van der Waals surface area contributed by atoms with Crippen LogP contribution in [0.5, 0.6) is 5.75 Å². The fraction of sp³-hybridized carbons (Fsp3) is 0.467. The first-order valence-electron chi connectivity index (χ1n) is 8.94. The average molecular weight is 314 g/mol. The Labute approximate surface area is 135 Å². The Morgan fingerprint density at radius 3 is 2.91 bits per heavy atom. The SMILES string of the molecule is [2H]C([2H])([2H])C([2H])([2H])n1ncc2c(F)cc(NC(=O)OC(C)(C)C)c(OC)c21. The Bertz CT molecular complexity index is 874. The van der Waals surface area contributed by atoms with Gasteiger partial charge in [0.05, 0.1) is 27.1 Å². The Morgan fingerprint density at radius 1 is 1.59 bits per heavy atom. The minimum absolute atomic E-state index is 0.150. The highest BCUT2D eigenvalue weighted by molar-refractivity contribution is 5.96. The molecule has 6 nitrogen and oxygen atoms in total. The lowest BCUT2D eigenvalue weighted by molar-refractivity contribution is 0.0635. The van der Waals surface area contributed by atoms with Gasteiger partial charge in [-0.25, -0.2) is 9.18 Å². The predicted octanol–water partition coefficient (Wildman–Crippen LogP) is 3.55. The van der Waals surface area contributed by atoms with Gasteiger partial charge in [0.1, 0.15) is 16.9 Å². The Hall–Kier alpha value is -2.31. The third-order valence-electron chi connectivity index (χ3n) is 2.70. The highest BCUT2D eigenvalue weighted by Gasteiger charge is 2.21. The number of ether oxygens (including phenoxy) is 2. The van der Waals surface area contributed by atoms with E-state index in [0.717, 1.165) is 12.3 Å². The van der Waals surface area contributed by atoms with E-state index >= 15 is 0 Å². The highest BCUT2D eigenvalue weighted by Crippen LogP contribution is 2.35. The fourth-order valence-corrected chi connectivity index (χ4v) is 1.94. The minimum atomic E-state index is -3.08. The number of halogens is 1. The number of aromatic nitrogens is 2. The van der Waals surface area contributed by atoms with Crippen LogP contribution >= 0.6 is 0 Å². The zero-order chi connectivity index (χ0) is 20.8. The maximum Gasteiger partial charge on any atom is 0.412 e. The molecule has 0 saturated carbocycles. The summed E-state index contributed by atoms with van der Waals surface area (Å²) in [5.74, 6) is -0.993. The summed E-state index contributed by atoms with van der Waals surface area (Å²) in [5.41, 5.74) is -1.20. The third-order valence-corrected chi connectivity index (χ3v) is 2.70. The fourth-order valence-electron chi connectivity index (χ4n) is 1.94. The van der Waals surface area contributed by atoms with Gasteiger partial charge in [-0.05, 0) is 27.6 Å². The standard InChI is InChI=1S/C15H20FN3O3/c1-6-19-12-9(8-17-19)10(16)7-11(13(12)21-5)18-14(20)22-15(2,3)4/h7-8H,6H2,1-5H3,(H,18,20)/i1D3,6D2. The van der Waals surface area contributed by atoms with E-state index < -0.39 is 30.9 Å². The molecule has 2 rings (SSSR count). The van der Waals surface area contributed by atoms with E-state index in [0.29, 0.717) is 4.68 Å². The number of hydrogen-bond acceptors (Lipinski definition) is 4. The maximum atomic E-state index is 14.5. The third kappa shape index (κ3) is 3.13. The molecule has 0 saturated heterocycles. The van der Waals surface area contributed by atoms with E-state index in [2.05, 4.69) is 10.4 Å². The first kappa shape index (κ1) is 10.4. The molecule has 0 aliphatic heterocycles. The van der Waals surface area contributed by atoms with Crippen LogP contribution in [0.25, 0.3) is 10.9 Å². The highest BCUT2D eigenvalue weighted by atomic mass is 19.1. The molecule has 7 heteroatoms. The van der Waals surface area contributed by atoms with E-state index in [1.807, 2.05) is 0 Å². The first-order chi connectivity index (χ1) is 12.2. The summed E-state index contributed by atoms with van der Waals surface area (Å²) in [7, 11) is 1.22. The van der Waals surface area contributed by atoms with Crippen LogP contribution in [0.15, 0.2) is 12.3 Å². The van der Waals surface area contributed by atoms with Crippen LogP contribution in [0, 0.1) is 5.82 Å². The Balaban J connectivity index is 2.65. The lowest BCUT2D eigenvalue weighted by Crippen LogP contribution is -2.27. The molecule has 0 aliphatic carbocycles. The van der Waals surface area contributed by atoms with Gasteiger partial charge in [0, 0.05) is 16.7 Å². The molecule has 0 unspecified atom stereocenters. The molecule has 0 radical (unpaired) electrons. The average Bonchev–Trinajstić information content (AvgIpc) is 2.90. The van der Waals surface area contributed by atoms with Gasteiger partial charge in [0.15, 0.2) is 5.75 Å². The van der Waals surface area contributed by atoms with Crippen LogP contribution in [0.1, 0.15) is 34.5 Å². The number of fused-ring (bicyclic) bond motifs is 1. The van der Waals surface area contributed by atoms with Crippen molar-refractivity contribution in [1.82, 2.24) is 9.78 Å². The van der Waals surface area contributed by atoms with Gasteiger partial charge in [-0.2, -0.15) is 5.10 Å². The zero-order valence-electron chi connectivity index (χ0n) is 17.7. The van der Waals surface area contributed by atoms with Crippen LogP contribution < -0.4 is 10.1 Å². The van der Waals surface area contributed by atoms with Crippen molar-refractivity contribution < 1.29 is 25.5 Å².